The number of hydrogen-bond acceptors (Lipinski definition) is 4. The minimum absolute atomic E-state index is 0. The fourth-order valence-corrected chi connectivity index (χ4v) is 3.40. The summed E-state index contributed by atoms with van der Waals surface area (Å²) in [6, 6.07) is 4.39. The largest absolute Gasteiger partial charge is 0.350 e. The number of carbonyl (C=O) groups excluding carboxylic acids is 1. The predicted molar refractivity (Wildman–Crippen MR) is 86.2 cm³/mol. The first-order valence-electron chi connectivity index (χ1n) is 6.94. The van der Waals surface area contributed by atoms with Gasteiger partial charge in [0, 0.05) is 17.5 Å². The van der Waals surface area contributed by atoms with Gasteiger partial charge < -0.3 is 11.1 Å². The molecule has 0 aliphatic carbocycles. The van der Waals surface area contributed by atoms with E-state index >= 15 is 0 Å². The zero-order chi connectivity index (χ0) is 13.7. The number of piperidine rings is 1. The predicted octanol–water partition coefficient (Wildman–Crippen LogP) is 1.85. The first kappa shape index (κ1) is 17.4. The van der Waals surface area contributed by atoms with Crippen molar-refractivity contribution in [3.63, 3.8) is 0 Å². The van der Waals surface area contributed by atoms with Gasteiger partial charge in [-0.15, -0.1) is 23.7 Å². The summed E-state index contributed by atoms with van der Waals surface area (Å²) in [5.41, 5.74) is 5.84. The van der Waals surface area contributed by atoms with E-state index in [4.69, 9.17) is 5.73 Å². The van der Waals surface area contributed by atoms with Crippen LogP contribution in [0.4, 0.5) is 0 Å². The zero-order valence-electron chi connectivity index (χ0n) is 11.9. The van der Waals surface area contributed by atoms with Gasteiger partial charge >= 0.3 is 0 Å². The molecule has 20 heavy (non-hydrogen) atoms. The van der Waals surface area contributed by atoms with Gasteiger partial charge in [-0.2, -0.15) is 0 Å². The Kier molecular flexibility index (Phi) is 7.51. The second-order valence-electron chi connectivity index (χ2n) is 5.25. The lowest BCUT2D eigenvalue weighted by Crippen LogP contribution is -2.51. The molecule has 1 amide bonds. The number of thiophene rings is 1. The molecule has 1 aromatic rings. The molecule has 2 atom stereocenters. The third kappa shape index (κ3) is 4.74. The lowest BCUT2D eigenvalue weighted by Gasteiger charge is -2.38. The van der Waals surface area contributed by atoms with E-state index < -0.39 is 0 Å². The Bertz CT molecular complexity index is 399. The van der Waals surface area contributed by atoms with Gasteiger partial charge in [-0.3, -0.25) is 9.69 Å². The van der Waals surface area contributed by atoms with E-state index in [1.807, 2.05) is 17.5 Å². The average Bonchev–Trinajstić information content (AvgIpc) is 2.90. The van der Waals surface area contributed by atoms with E-state index in [2.05, 4.69) is 17.1 Å². The van der Waals surface area contributed by atoms with Gasteiger partial charge in [0.25, 0.3) is 0 Å². The van der Waals surface area contributed by atoms with E-state index in [1.54, 1.807) is 11.3 Å². The van der Waals surface area contributed by atoms with Gasteiger partial charge in [0.05, 0.1) is 13.1 Å². The van der Waals surface area contributed by atoms with Crippen LogP contribution in [0.25, 0.3) is 0 Å². The minimum Gasteiger partial charge on any atom is -0.350 e. The Morgan fingerprint density at radius 2 is 2.40 bits per heavy atom. The van der Waals surface area contributed by atoms with E-state index in [-0.39, 0.29) is 18.3 Å². The van der Waals surface area contributed by atoms with Crippen molar-refractivity contribution in [2.75, 3.05) is 19.6 Å². The monoisotopic (exact) mass is 317 g/mol. The van der Waals surface area contributed by atoms with Crippen molar-refractivity contribution in [3.8, 4) is 0 Å². The number of nitrogens with zero attached hydrogens (tertiary/aromatic N) is 1. The van der Waals surface area contributed by atoms with E-state index in [9.17, 15) is 4.79 Å². The molecule has 6 heteroatoms. The number of carbonyl (C=O) groups is 1. The number of hydrogen-bond donors (Lipinski definition) is 2. The van der Waals surface area contributed by atoms with Crippen molar-refractivity contribution < 1.29 is 4.79 Å². The molecule has 1 aromatic heterocycles. The quantitative estimate of drug-likeness (QED) is 0.871. The summed E-state index contributed by atoms with van der Waals surface area (Å²) < 4.78 is 0. The van der Waals surface area contributed by atoms with Crippen LogP contribution in [0.3, 0.4) is 0 Å². The number of amides is 1. The fourth-order valence-electron chi connectivity index (χ4n) is 2.75. The molecule has 1 saturated heterocycles. The third-order valence-corrected chi connectivity index (χ3v) is 4.74. The molecule has 0 saturated carbocycles. The van der Waals surface area contributed by atoms with Crippen molar-refractivity contribution in [2.45, 2.75) is 32.4 Å². The smallest absolute Gasteiger partial charge is 0.234 e. The maximum Gasteiger partial charge on any atom is 0.234 e. The first-order valence-corrected chi connectivity index (χ1v) is 7.82. The van der Waals surface area contributed by atoms with Crippen LogP contribution < -0.4 is 11.1 Å². The van der Waals surface area contributed by atoms with E-state index in [0.29, 0.717) is 31.6 Å². The van der Waals surface area contributed by atoms with E-state index in [1.165, 1.54) is 11.3 Å². The summed E-state index contributed by atoms with van der Waals surface area (Å²) >= 11 is 1.67. The Morgan fingerprint density at radius 3 is 3.05 bits per heavy atom. The molecule has 0 bridgehead atoms. The molecule has 0 spiro atoms. The molecular formula is C14H24ClN3OS. The van der Waals surface area contributed by atoms with Crippen LogP contribution in [0, 0.1) is 5.92 Å². The van der Waals surface area contributed by atoms with Crippen molar-refractivity contribution in [1.82, 2.24) is 10.2 Å². The SMILES string of the molecule is CC1CCCN(CC(=O)NCc2cccs2)C1CN.Cl. The normalized spacial score (nSPS) is 23.1. The van der Waals surface area contributed by atoms with Crippen LogP contribution in [-0.4, -0.2) is 36.5 Å². The Balaban J connectivity index is 0.00000200. The van der Waals surface area contributed by atoms with Gasteiger partial charge in [0.2, 0.25) is 5.91 Å². The molecule has 2 rings (SSSR count). The first-order chi connectivity index (χ1) is 9.20. The molecule has 4 nitrogen and oxygen atoms in total. The second kappa shape index (κ2) is 8.62. The fraction of sp³-hybridized carbons (Fsp3) is 0.643. The summed E-state index contributed by atoms with van der Waals surface area (Å²) in [7, 11) is 0. The second-order valence-corrected chi connectivity index (χ2v) is 6.28. The highest BCUT2D eigenvalue weighted by atomic mass is 35.5. The molecule has 3 N–H and O–H groups in total. The summed E-state index contributed by atoms with van der Waals surface area (Å²) in [6.45, 7) is 4.95. The van der Waals surface area contributed by atoms with E-state index in [0.717, 1.165) is 13.0 Å². The van der Waals surface area contributed by atoms with Crippen molar-refractivity contribution in [3.05, 3.63) is 22.4 Å². The number of nitrogens with two attached hydrogens (primary N) is 1. The van der Waals surface area contributed by atoms with Gasteiger partial charge in [-0.25, -0.2) is 0 Å². The molecule has 2 heterocycles. The van der Waals surface area contributed by atoms with Crippen LogP contribution >= 0.6 is 23.7 Å². The van der Waals surface area contributed by atoms with Crippen LogP contribution in [0.1, 0.15) is 24.6 Å². The standard InChI is InChI=1S/C14H23N3OS.ClH/c1-11-4-2-6-17(13(11)8-15)10-14(18)16-9-12-5-3-7-19-12;/h3,5,7,11,13H,2,4,6,8-10,15H2,1H3,(H,16,18);1H. The topological polar surface area (TPSA) is 58.4 Å². The molecule has 1 aliphatic heterocycles. The van der Waals surface area contributed by atoms with Crippen molar-refractivity contribution in [1.29, 1.82) is 0 Å². The van der Waals surface area contributed by atoms with Crippen LogP contribution in [0.2, 0.25) is 0 Å². The van der Waals surface area contributed by atoms with Crippen LogP contribution in [0.5, 0.6) is 0 Å². The number of halogens is 1. The Morgan fingerprint density at radius 1 is 1.60 bits per heavy atom. The highest BCUT2D eigenvalue weighted by molar-refractivity contribution is 7.09. The molecule has 114 valence electrons. The average molecular weight is 318 g/mol. The summed E-state index contributed by atoms with van der Waals surface area (Å²) in [6.07, 6.45) is 2.38. The third-order valence-electron chi connectivity index (χ3n) is 3.86. The lowest BCUT2D eigenvalue weighted by molar-refractivity contribution is -0.123. The summed E-state index contributed by atoms with van der Waals surface area (Å²) in [4.78, 5) is 15.4. The maximum atomic E-state index is 12.0. The van der Waals surface area contributed by atoms with Crippen LogP contribution in [-0.2, 0) is 11.3 Å². The number of nitrogens with one attached hydrogen (secondary N) is 1. The minimum atomic E-state index is 0. The van der Waals surface area contributed by atoms with Gasteiger partial charge in [-0.05, 0) is 36.8 Å². The highest BCUT2D eigenvalue weighted by Crippen LogP contribution is 2.22. The molecule has 1 fully saturated rings. The van der Waals surface area contributed by atoms with Crippen molar-refractivity contribution in [2.24, 2.45) is 11.7 Å². The van der Waals surface area contributed by atoms with Gasteiger partial charge in [-0.1, -0.05) is 13.0 Å². The van der Waals surface area contributed by atoms with Crippen molar-refractivity contribution >= 4 is 29.7 Å². The molecule has 0 aromatic carbocycles. The zero-order valence-corrected chi connectivity index (χ0v) is 13.5. The van der Waals surface area contributed by atoms with Gasteiger partial charge in [0.1, 0.15) is 0 Å². The summed E-state index contributed by atoms with van der Waals surface area (Å²) in [5.74, 6) is 0.685. The Hall–Kier alpha value is -0.620. The van der Waals surface area contributed by atoms with Gasteiger partial charge in [0.15, 0.2) is 0 Å². The van der Waals surface area contributed by atoms with Crippen LogP contribution in [0.15, 0.2) is 17.5 Å². The summed E-state index contributed by atoms with van der Waals surface area (Å²) in [5, 5.41) is 5.01. The number of likely N-dealkylation sites (tertiary alicyclic amines) is 1. The molecule has 2 unspecified atom stereocenters. The maximum absolute atomic E-state index is 12.0. The molecule has 1 aliphatic rings. The highest BCUT2D eigenvalue weighted by Gasteiger charge is 2.28. The molecular weight excluding hydrogens is 294 g/mol. The molecule has 0 radical (unpaired) electrons. The Labute approximate surface area is 131 Å². The number of rotatable bonds is 5. The lowest BCUT2D eigenvalue weighted by atomic mass is 9.91.